The number of nitrogens with one attached hydrogen (secondary N) is 1. The summed E-state index contributed by atoms with van der Waals surface area (Å²) in [5.41, 5.74) is 0.526. The fourth-order valence-corrected chi connectivity index (χ4v) is 4.47. The van der Waals surface area contributed by atoms with Gasteiger partial charge in [-0.2, -0.15) is 0 Å². The Morgan fingerprint density at radius 1 is 1.50 bits per heavy atom. The van der Waals surface area contributed by atoms with E-state index in [-0.39, 0.29) is 11.7 Å². The Labute approximate surface area is 122 Å². The lowest BCUT2D eigenvalue weighted by molar-refractivity contribution is 0.0984. The summed E-state index contributed by atoms with van der Waals surface area (Å²) < 4.78 is 30.9. The predicted molar refractivity (Wildman–Crippen MR) is 76.2 cm³/mol. The van der Waals surface area contributed by atoms with Crippen molar-refractivity contribution in [3.8, 4) is 0 Å². The quantitative estimate of drug-likeness (QED) is 0.858. The average molecular weight is 318 g/mol. The topological polar surface area (TPSA) is 85.4 Å². The second kappa shape index (κ2) is 6.19. The molecule has 1 N–H and O–H groups in total. The molecule has 2 rings (SSSR count). The van der Waals surface area contributed by atoms with Crippen LogP contribution >= 0.6 is 11.3 Å². The van der Waals surface area contributed by atoms with Crippen LogP contribution in [0.2, 0.25) is 0 Å². The van der Waals surface area contributed by atoms with Crippen molar-refractivity contribution in [2.75, 3.05) is 12.9 Å². The summed E-state index contributed by atoms with van der Waals surface area (Å²) in [6, 6.07) is 0. The monoisotopic (exact) mass is 318 g/mol. The van der Waals surface area contributed by atoms with Gasteiger partial charge in [-0.05, 0) is 25.7 Å². The number of hydrogen-bond acceptors (Lipinski definition) is 6. The lowest BCUT2D eigenvalue weighted by Gasteiger charge is -2.24. The second-order valence-electron chi connectivity index (χ2n) is 4.96. The van der Waals surface area contributed by atoms with Crippen molar-refractivity contribution in [2.45, 2.75) is 32.8 Å². The highest BCUT2D eigenvalue weighted by atomic mass is 32.2. The maximum absolute atomic E-state index is 12.0. The first-order chi connectivity index (χ1) is 9.41. The van der Waals surface area contributed by atoms with Gasteiger partial charge in [0.25, 0.3) is 5.91 Å². The number of sulfonamides is 1. The lowest BCUT2D eigenvalue weighted by atomic mass is 9.87. The van der Waals surface area contributed by atoms with Crippen molar-refractivity contribution >= 4 is 27.3 Å². The predicted octanol–water partition coefficient (Wildman–Crippen LogP) is 1.46. The van der Waals surface area contributed by atoms with E-state index in [0.29, 0.717) is 22.2 Å². The van der Waals surface area contributed by atoms with E-state index in [4.69, 9.17) is 4.74 Å². The van der Waals surface area contributed by atoms with Crippen molar-refractivity contribution < 1.29 is 17.9 Å². The van der Waals surface area contributed by atoms with E-state index < -0.39 is 15.9 Å². The highest BCUT2D eigenvalue weighted by molar-refractivity contribution is 7.90. The summed E-state index contributed by atoms with van der Waals surface area (Å²) in [7, 11) is -2.02. The Balaban J connectivity index is 2.03. The molecular weight excluding hydrogens is 300 g/mol. The molecule has 1 aromatic rings. The zero-order valence-corrected chi connectivity index (χ0v) is 13.1. The third-order valence-electron chi connectivity index (χ3n) is 3.24. The number of amides is 1. The van der Waals surface area contributed by atoms with E-state index in [1.807, 2.05) is 0 Å². The minimum absolute atomic E-state index is 0.0293. The highest BCUT2D eigenvalue weighted by Gasteiger charge is 2.27. The van der Waals surface area contributed by atoms with Gasteiger partial charge in [0.15, 0.2) is 0 Å². The largest absolute Gasteiger partial charge is 0.378 e. The molecule has 1 aromatic heterocycles. The molecule has 0 aliphatic heterocycles. The van der Waals surface area contributed by atoms with Crippen LogP contribution in [-0.4, -0.2) is 32.2 Å². The van der Waals surface area contributed by atoms with Gasteiger partial charge in [-0.1, -0.05) is 6.42 Å². The summed E-state index contributed by atoms with van der Waals surface area (Å²) in [4.78, 5) is 16.5. The number of carbonyl (C=O) groups excluding carboxylic acids is 1. The van der Waals surface area contributed by atoms with Gasteiger partial charge in [0.05, 0.1) is 18.1 Å². The van der Waals surface area contributed by atoms with Gasteiger partial charge in [0, 0.05) is 7.11 Å². The Bertz CT molecular complexity index is 591. The number of hydrogen-bond donors (Lipinski definition) is 1. The van der Waals surface area contributed by atoms with Crippen molar-refractivity contribution in [3.63, 3.8) is 0 Å². The van der Waals surface area contributed by atoms with E-state index in [1.165, 1.54) is 0 Å². The van der Waals surface area contributed by atoms with E-state index in [9.17, 15) is 13.2 Å². The minimum Gasteiger partial charge on any atom is -0.378 e. The van der Waals surface area contributed by atoms with Crippen molar-refractivity contribution in [2.24, 2.45) is 5.92 Å². The summed E-state index contributed by atoms with van der Waals surface area (Å²) in [5.74, 6) is -0.379. The molecule has 1 amide bonds. The molecule has 112 valence electrons. The van der Waals surface area contributed by atoms with Gasteiger partial charge in [-0.25, -0.2) is 18.1 Å². The Morgan fingerprint density at radius 3 is 2.75 bits per heavy atom. The molecule has 0 saturated heterocycles. The van der Waals surface area contributed by atoms with Crippen molar-refractivity contribution in [3.05, 3.63) is 15.6 Å². The SMILES string of the molecule is COCc1nc(C)c(C(=O)NS(=O)(=O)CC2CCC2)s1. The summed E-state index contributed by atoms with van der Waals surface area (Å²) >= 11 is 1.16. The zero-order chi connectivity index (χ0) is 14.8. The second-order valence-corrected chi connectivity index (χ2v) is 7.82. The first-order valence-electron chi connectivity index (χ1n) is 6.41. The third kappa shape index (κ3) is 3.77. The van der Waals surface area contributed by atoms with Gasteiger partial charge in [0.2, 0.25) is 10.0 Å². The molecule has 0 atom stereocenters. The number of methoxy groups -OCH3 is 1. The standard InChI is InChI=1S/C12H18N2O4S2/c1-8-11(19-10(13-8)6-18-2)12(15)14-20(16,17)7-9-4-3-5-9/h9H,3-7H2,1-2H3,(H,14,15). The maximum atomic E-state index is 12.0. The maximum Gasteiger partial charge on any atom is 0.276 e. The highest BCUT2D eigenvalue weighted by Crippen LogP contribution is 2.27. The van der Waals surface area contributed by atoms with E-state index >= 15 is 0 Å². The van der Waals surface area contributed by atoms with E-state index in [0.717, 1.165) is 30.6 Å². The molecule has 20 heavy (non-hydrogen) atoms. The number of thiazole rings is 1. The van der Waals surface area contributed by atoms with Crippen LogP contribution in [-0.2, 0) is 21.4 Å². The molecule has 1 saturated carbocycles. The smallest absolute Gasteiger partial charge is 0.276 e. The van der Waals surface area contributed by atoms with Gasteiger partial charge in [-0.3, -0.25) is 4.79 Å². The van der Waals surface area contributed by atoms with Crippen LogP contribution in [0.15, 0.2) is 0 Å². The number of ether oxygens (including phenoxy) is 1. The molecule has 0 spiro atoms. The molecule has 1 aliphatic rings. The molecular formula is C12H18N2O4S2. The molecule has 0 radical (unpaired) electrons. The molecule has 1 fully saturated rings. The van der Waals surface area contributed by atoms with Gasteiger partial charge >= 0.3 is 0 Å². The minimum atomic E-state index is -3.56. The van der Waals surface area contributed by atoms with Gasteiger partial charge in [-0.15, -0.1) is 11.3 Å². The number of aryl methyl sites for hydroxylation is 1. The van der Waals surface area contributed by atoms with E-state index in [1.54, 1.807) is 14.0 Å². The fourth-order valence-electron chi connectivity index (χ4n) is 2.05. The normalized spacial score (nSPS) is 15.9. The van der Waals surface area contributed by atoms with Crippen LogP contribution in [0.1, 0.15) is 39.6 Å². The van der Waals surface area contributed by atoms with Crippen LogP contribution in [0, 0.1) is 12.8 Å². The molecule has 0 unspecified atom stereocenters. The molecule has 6 nitrogen and oxygen atoms in total. The van der Waals surface area contributed by atoms with Gasteiger partial charge < -0.3 is 4.74 Å². The Kier molecular flexibility index (Phi) is 4.77. The summed E-state index contributed by atoms with van der Waals surface area (Å²) in [6.07, 6.45) is 2.92. The zero-order valence-electron chi connectivity index (χ0n) is 11.5. The summed E-state index contributed by atoms with van der Waals surface area (Å²) in [5, 5.41) is 0.659. The number of aromatic nitrogens is 1. The third-order valence-corrected chi connectivity index (χ3v) is 5.78. The molecule has 8 heteroatoms. The number of rotatable bonds is 6. The van der Waals surface area contributed by atoms with Crippen LogP contribution in [0.4, 0.5) is 0 Å². The van der Waals surface area contributed by atoms with Crippen molar-refractivity contribution in [1.29, 1.82) is 0 Å². The first-order valence-corrected chi connectivity index (χ1v) is 8.88. The van der Waals surface area contributed by atoms with Crippen LogP contribution in [0.3, 0.4) is 0 Å². The lowest BCUT2D eigenvalue weighted by Crippen LogP contribution is -2.36. The molecule has 0 aromatic carbocycles. The summed E-state index contributed by atoms with van der Waals surface area (Å²) in [6.45, 7) is 2.00. The van der Waals surface area contributed by atoms with E-state index in [2.05, 4.69) is 9.71 Å². The van der Waals surface area contributed by atoms with Crippen LogP contribution in [0.5, 0.6) is 0 Å². The molecule has 0 bridgehead atoms. The van der Waals surface area contributed by atoms with Crippen molar-refractivity contribution in [1.82, 2.24) is 9.71 Å². The molecule has 1 aliphatic carbocycles. The number of carbonyl (C=O) groups is 1. The Morgan fingerprint density at radius 2 is 2.20 bits per heavy atom. The Hall–Kier alpha value is -0.990. The fraction of sp³-hybridized carbons (Fsp3) is 0.667. The number of nitrogens with zero attached hydrogens (tertiary/aromatic N) is 1. The van der Waals surface area contributed by atoms with Crippen LogP contribution in [0.25, 0.3) is 0 Å². The first kappa shape index (κ1) is 15.4. The van der Waals surface area contributed by atoms with Gasteiger partial charge in [0.1, 0.15) is 9.88 Å². The average Bonchev–Trinajstić information content (AvgIpc) is 2.65. The molecule has 1 heterocycles. The van der Waals surface area contributed by atoms with Crippen LogP contribution < -0.4 is 4.72 Å².